The van der Waals surface area contributed by atoms with Gasteiger partial charge in [-0.25, -0.2) is 4.79 Å². The van der Waals surface area contributed by atoms with Crippen molar-refractivity contribution >= 4 is 11.9 Å². The van der Waals surface area contributed by atoms with Gasteiger partial charge < -0.3 is 15.6 Å². The third kappa shape index (κ3) is 3.32. The zero-order valence-corrected chi connectivity index (χ0v) is 12.2. The second-order valence-electron chi connectivity index (χ2n) is 4.84. The van der Waals surface area contributed by atoms with Crippen LogP contribution < -0.4 is 5.73 Å². The molecule has 0 spiro atoms. The smallest absolute Gasteiger partial charge is 0.338 e. The maximum absolute atomic E-state index is 11.9. The van der Waals surface area contributed by atoms with Gasteiger partial charge >= 0.3 is 11.9 Å². The monoisotopic (exact) mass is 299 g/mol. The lowest BCUT2D eigenvalue weighted by Gasteiger charge is -2.14. The van der Waals surface area contributed by atoms with Crippen LogP contribution in [0, 0.1) is 0 Å². The fourth-order valence-corrected chi connectivity index (χ4v) is 2.29. The number of ether oxygens (including phenoxy) is 1. The Morgan fingerprint density at radius 1 is 1.09 bits per heavy atom. The lowest BCUT2D eigenvalue weighted by Crippen LogP contribution is -2.32. The topological polar surface area (TPSA) is 89.6 Å². The van der Waals surface area contributed by atoms with Crippen LogP contribution in [0.4, 0.5) is 0 Å². The van der Waals surface area contributed by atoms with Gasteiger partial charge in [0.25, 0.3) is 0 Å². The van der Waals surface area contributed by atoms with Crippen LogP contribution in [0.5, 0.6) is 0 Å². The molecule has 2 aromatic rings. The molecule has 0 saturated heterocycles. The summed E-state index contributed by atoms with van der Waals surface area (Å²) in [5.74, 6) is -1.50. The van der Waals surface area contributed by atoms with Crippen molar-refractivity contribution in [3.05, 3.63) is 59.7 Å². The Morgan fingerprint density at radius 2 is 1.68 bits per heavy atom. The van der Waals surface area contributed by atoms with E-state index < -0.39 is 18.0 Å². The molecule has 0 aromatic heterocycles. The van der Waals surface area contributed by atoms with Gasteiger partial charge in [-0.1, -0.05) is 42.5 Å². The zero-order chi connectivity index (χ0) is 16.1. The fourth-order valence-electron chi connectivity index (χ4n) is 2.29. The Hall–Kier alpha value is -2.66. The SMILES string of the molecule is COC(=O)c1ccccc1-c1ccccc1CC(N)C(=O)O. The van der Waals surface area contributed by atoms with Crippen molar-refractivity contribution in [2.24, 2.45) is 5.73 Å². The molecule has 2 aromatic carbocycles. The van der Waals surface area contributed by atoms with E-state index in [0.29, 0.717) is 11.1 Å². The normalized spacial score (nSPS) is 11.7. The number of hydrogen-bond acceptors (Lipinski definition) is 4. The van der Waals surface area contributed by atoms with Gasteiger partial charge in [0.1, 0.15) is 6.04 Å². The van der Waals surface area contributed by atoms with Crippen molar-refractivity contribution in [2.45, 2.75) is 12.5 Å². The van der Waals surface area contributed by atoms with Crippen LogP contribution in [0.25, 0.3) is 11.1 Å². The highest BCUT2D eigenvalue weighted by Gasteiger charge is 2.18. The molecule has 5 heteroatoms. The molecule has 2 rings (SSSR count). The molecule has 0 aliphatic heterocycles. The van der Waals surface area contributed by atoms with Crippen molar-refractivity contribution in [1.29, 1.82) is 0 Å². The first-order chi connectivity index (χ1) is 10.5. The van der Waals surface area contributed by atoms with Gasteiger partial charge in [0.2, 0.25) is 0 Å². The summed E-state index contributed by atoms with van der Waals surface area (Å²) in [6.07, 6.45) is 0.182. The lowest BCUT2D eigenvalue weighted by atomic mass is 9.92. The summed E-state index contributed by atoms with van der Waals surface area (Å²) in [5, 5.41) is 8.99. The largest absolute Gasteiger partial charge is 0.480 e. The van der Waals surface area contributed by atoms with Crippen molar-refractivity contribution < 1.29 is 19.4 Å². The number of carboxylic acids is 1. The first-order valence-corrected chi connectivity index (χ1v) is 6.78. The van der Waals surface area contributed by atoms with E-state index in [1.165, 1.54) is 7.11 Å². The maximum atomic E-state index is 11.9. The Labute approximate surface area is 128 Å². The van der Waals surface area contributed by atoms with Gasteiger partial charge in [0.15, 0.2) is 0 Å². The second kappa shape index (κ2) is 6.87. The van der Waals surface area contributed by atoms with E-state index >= 15 is 0 Å². The molecule has 3 N–H and O–H groups in total. The summed E-state index contributed by atoms with van der Waals surface area (Å²) in [7, 11) is 1.32. The first-order valence-electron chi connectivity index (χ1n) is 6.78. The molecule has 5 nitrogen and oxygen atoms in total. The highest BCUT2D eigenvalue weighted by atomic mass is 16.5. The number of carboxylic acid groups (broad SMARTS) is 1. The average molecular weight is 299 g/mol. The number of aliphatic carboxylic acids is 1. The first kappa shape index (κ1) is 15.7. The summed E-state index contributed by atoms with van der Waals surface area (Å²) in [6.45, 7) is 0. The summed E-state index contributed by atoms with van der Waals surface area (Å²) in [5.41, 5.74) is 8.31. The van der Waals surface area contributed by atoms with Crippen molar-refractivity contribution in [2.75, 3.05) is 7.11 Å². The fraction of sp³-hybridized carbons (Fsp3) is 0.176. The maximum Gasteiger partial charge on any atom is 0.338 e. The summed E-state index contributed by atoms with van der Waals surface area (Å²) in [6, 6.07) is 13.3. The van der Waals surface area contributed by atoms with Crippen LogP contribution >= 0.6 is 0 Å². The molecule has 0 fully saturated rings. The molecule has 1 atom stereocenters. The van der Waals surface area contributed by atoms with Crippen LogP contribution in [-0.2, 0) is 16.0 Å². The predicted octanol–water partition coefficient (Wildman–Crippen LogP) is 2.09. The van der Waals surface area contributed by atoms with Gasteiger partial charge in [0, 0.05) is 0 Å². The summed E-state index contributed by atoms with van der Waals surface area (Å²) >= 11 is 0. The third-order valence-corrected chi connectivity index (χ3v) is 3.40. The van der Waals surface area contributed by atoms with Crippen molar-refractivity contribution in [1.82, 2.24) is 0 Å². The molecule has 0 bridgehead atoms. The number of carbonyl (C=O) groups is 2. The van der Waals surface area contributed by atoms with Gasteiger partial charge in [-0.15, -0.1) is 0 Å². The number of rotatable bonds is 5. The van der Waals surface area contributed by atoms with Gasteiger partial charge in [-0.3, -0.25) is 4.79 Å². The van der Waals surface area contributed by atoms with Gasteiger partial charge in [0.05, 0.1) is 12.7 Å². The van der Waals surface area contributed by atoms with E-state index in [1.807, 2.05) is 30.3 Å². The molecule has 1 unspecified atom stereocenters. The molecular weight excluding hydrogens is 282 g/mol. The average Bonchev–Trinajstić information content (AvgIpc) is 2.54. The number of benzene rings is 2. The van der Waals surface area contributed by atoms with Crippen LogP contribution in [0.3, 0.4) is 0 Å². The Bertz CT molecular complexity index is 697. The van der Waals surface area contributed by atoms with E-state index in [4.69, 9.17) is 15.6 Å². The Morgan fingerprint density at radius 3 is 2.32 bits per heavy atom. The number of methoxy groups -OCH3 is 1. The van der Waals surface area contributed by atoms with E-state index in [-0.39, 0.29) is 6.42 Å². The van der Waals surface area contributed by atoms with Crippen molar-refractivity contribution in [3.63, 3.8) is 0 Å². The second-order valence-corrected chi connectivity index (χ2v) is 4.84. The number of esters is 1. The Kier molecular flexibility index (Phi) is 4.91. The lowest BCUT2D eigenvalue weighted by molar-refractivity contribution is -0.138. The van der Waals surface area contributed by atoms with Crippen LogP contribution in [-0.4, -0.2) is 30.2 Å². The van der Waals surface area contributed by atoms with Crippen LogP contribution in [0.2, 0.25) is 0 Å². The van der Waals surface area contributed by atoms with Crippen LogP contribution in [0.1, 0.15) is 15.9 Å². The van der Waals surface area contributed by atoms with E-state index in [0.717, 1.165) is 11.1 Å². The minimum absolute atomic E-state index is 0.182. The van der Waals surface area contributed by atoms with Crippen molar-refractivity contribution in [3.8, 4) is 11.1 Å². The molecule has 22 heavy (non-hydrogen) atoms. The van der Waals surface area contributed by atoms with Gasteiger partial charge in [-0.05, 0) is 29.2 Å². The molecule has 114 valence electrons. The molecule has 0 radical (unpaired) electrons. The predicted molar refractivity (Wildman–Crippen MR) is 82.5 cm³/mol. The molecule has 0 saturated carbocycles. The quantitative estimate of drug-likeness (QED) is 0.825. The number of nitrogens with two attached hydrogens (primary N) is 1. The zero-order valence-electron chi connectivity index (χ0n) is 12.2. The highest BCUT2D eigenvalue weighted by molar-refractivity contribution is 5.97. The Balaban J connectivity index is 2.50. The number of hydrogen-bond donors (Lipinski definition) is 2. The molecule has 0 amide bonds. The van der Waals surface area contributed by atoms with E-state index in [1.54, 1.807) is 18.2 Å². The molecule has 0 heterocycles. The van der Waals surface area contributed by atoms with Crippen LogP contribution in [0.15, 0.2) is 48.5 Å². The summed E-state index contributed by atoms with van der Waals surface area (Å²) in [4.78, 5) is 22.9. The van der Waals surface area contributed by atoms with E-state index in [9.17, 15) is 9.59 Å². The number of carbonyl (C=O) groups excluding carboxylic acids is 1. The minimum atomic E-state index is -1.06. The standard InChI is InChI=1S/C17H17NO4/c1-22-17(21)14-9-5-4-8-13(14)12-7-3-2-6-11(12)10-15(18)16(19)20/h2-9,15H,10,18H2,1H3,(H,19,20). The summed E-state index contributed by atoms with van der Waals surface area (Å²) < 4.78 is 4.80. The molecule has 0 aliphatic rings. The third-order valence-electron chi connectivity index (χ3n) is 3.40. The van der Waals surface area contributed by atoms with E-state index in [2.05, 4.69) is 0 Å². The minimum Gasteiger partial charge on any atom is -0.480 e. The van der Waals surface area contributed by atoms with Gasteiger partial charge in [-0.2, -0.15) is 0 Å². The molecular formula is C17H17NO4. The molecule has 0 aliphatic carbocycles. The highest BCUT2D eigenvalue weighted by Crippen LogP contribution is 2.28.